The molecule has 3 heteroatoms. The van der Waals surface area contributed by atoms with Gasteiger partial charge < -0.3 is 9.84 Å². The normalized spacial score (nSPS) is 12.2. The molecule has 0 radical (unpaired) electrons. The lowest BCUT2D eigenvalue weighted by Crippen LogP contribution is -2.33. The van der Waals surface area contributed by atoms with Crippen molar-refractivity contribution in [2.75, 3.05) is 26.8 Å². The Labute approximate surface area is 133 Å². The Morgan fingerprint density at radius 3 is 2.50 bits per heavy atom. The summed E-state index contributed by atoms with van der Waals surface area (Å²) in [5, 5.41) is 12.5. The number of hydrogen-bond donors (Lipinski definition) is 1. The van der Waals surface area contributed by atoms with Crippen LogP contribution in [-0.4, -0.2) is 42.4 Å². The monoisotopic (exact) mass is 301 g/mol. The van der Waals surface area contributed by atoms with Crippen molar-refractivity contribution in [2.24, 2.45) is 0 Å². The van der Waals surface area contributed by atoms with Gasteiger partial charge in [0.15, 0.2) is 0 Å². The zero-order valence-corrected chi connectivity index (χ0v) is 13.9. The highest BCUT2D eigenvalue weighted by Crippen LogP contribution is 2.20. The van der Waals surface area contributed by atoms with Gasteiger partial charge in [0.1, 0.15) is 0 Å². The molecular weight excluding hydrogens is 274 g/mol. The van der Waals surface area contributed by atoms with Crippen LogP contribution in [-0.2, 0) is 11.3 Å². The third-order valence-electron chi connectivity index (χ3n) is 3.93. The molecule has 0 saturated carbocycles. The molecule has 0 saturated heterocycles. The molecule has 1 N–H and O–H groups in total. The van der Waals surface area contributed by atoms with E-state index in [2.05, 4.69) is 47.4 Å². The van der Waals surface area contributed by atoms with Gasteiger partial charge in [0.25, 0.3) is 0 Å². The number of rotatable bonds is 8. The molecule has 0 aliphatic heterocycles. The molecule has 0 amide bonds. The van der Waals surface area contributed by atoms with E-state index in [9.17, 15) is 5.11 Å². The van der Waals surface area contributed by atoms with Gasteiger partial charge in [-0.25, -0.2) is 0 Å². The van der Waals surface area contributed by atoms with E-state index < -0.39 is 5.60 Å². The van der Waals surface area contributed by atoms with Crippen LogP contribution in [0.25, 0.3) is 10.8 Å². The smallest absolute Gasteiger partial charge is 0.0603 e. The highest BCUT2D eigenvalue weighted by molar-refractivity contribution is 5.85. The maximum atomic E-state index is 9.97. The third kappa shape index (κ3) is 5.09. The fourth-order valence-corrected chi connectivity index (χ4v) is 2.59. The van der Waals surface area contributed by atoms with Crippen molar-refractivity contribution in [1.82, 2.24) is 4.90 Å². The van der Waals surface area contributed by atoms with Gasteiger partial charge in [0.05, 0.1) is 12.2 Å². The summed E-state index contributed by atoms with van der Waals surface area (Å²) >= 11 is 0. The van der Waals surface area contributed by atoms with Crippen molar-refractivity contribution in [1.29, 1.82) is 0 Å². The molecule has 0 heterocycles. The van der Waals surface area contributed by atoms with Gasteiger partial charge in [0.2, 0.25) is 0 Å². The van der Waals surface area contributed by atoms with E-state index in [1.54, 1.807) is 7.11 Å². The van der Waals surface area contributed by atoms with E-state index in [0.717, 1.165) is 26.1 Å². The summed E-state index contributed by atoms with van der Waals surface area (Å²) < 4.78 is 5.23. The van der Waals surface area contributed by atoms with Crippen molar-refractivity contribution in [3.8, 4) is 0 Å². The van der Waals surface area contributed by atoms with Crippen molar-refractivity contribution in [2.45, 2.75) is 32.4 Å². The molecule has 0 spiro atoms. The predicted octanol–water partition coefficient (Wildman–Crippen LogP) is 3.45. The van der Waals surface area contributed by atoms with E-state index in [4.69, 9.17) is 4.74 Å². The largest absolute Gasteiger partial charge is 0.390 e. The Bertz CT molecular complexity index is 584. The molecule has 3 nitrogen and oxygen atoms in total. The quantitative estimate of drug-likeness (QED) is 0.810. The van der Waals surface area contributed by atoms with Crippen molar-refractivity contribution in [3.63, 3.8) is 0 Å². The molecule has 0 aliphatic carbocycles. The molecule has 0 atom stereocenters. The minimum Gasteiger partial charge on any atom is -0.390 e. The van der Waals surface area contributed by atoms with E-state index in [0.29, 0.717) is 6.61 Å². The molecule has 2 aromatic rings. The standard InChI is InChI=1S/C19H27NO2/c1-19(2,21)11-12-20(13-14-22-3)15-17-9-6-8-16-7-4-5-10-18(16)17/h4-10,21H,11-15H2,1-3H3. The van der Waals surface area contributed by atoms with Gasteiger partial charge in [-0.1, -0.05) is 42.5 Å². The fourth-order valence-electron chi connectivity index (χ4n) is 2.59. The SMILES string of the molecule is COCCN(CCC(C)(C)O)Cc1cccc2ccccc12. The first-order valence-electron chi connectivity index (χ1n) is 7.90. The van der Waals surface area contributed by atoms with Gasteiger partial charge >= 0.3 is 0 Å². The van der Waals surface area contributed by atoms with Crippen LogP contribution in [0, 0.1) is 0 Å². The lowest BCUT2D eigenvalue weighted by atomic mass is 10.0. The first-order valence-corrected chi connectivity index (χ1v) is 7.90. The minimum atomic E-state index is -0.635. The van der Waals surface area contributed by atoms with Crippen LogP contribution in [0.1, 0.15) is 25.8 Å². The fraction of sp³-hybridized carbons (Fsp3) is 0.474. The van der Waals surface area contributed by atoms with Crippen LogP contribution in [0.5, 0.6) is 0 Å². The topological polar surface area (TPSA) is 32.7 Å². The van der Waals surface area contributed by atoms with Crippen molar-refractivity contribution in [3.05, 3.63) is 48.0 Å². The van der Waals surface area contributed by atoms with Gasteiger partial charge in [0, 0.05) is 26.7 Å². The van der Waals surface area contributed by atoms with Gasteiger partial charge in [-0.2, -0.15) is 0 Å². The van der Waals surface area contributed by atoms with E-state index in [-0.39, 0.29) is 0 Å². The lowest BCUT2D eigenvalue weighted by Gasteiger charge is -2.26. The van der Waals surface area contributed by atoms with Gasteiger partial charge in [-0.15, -0.1) is 0 Å². The Morgan fingerprint density at radius 1 is 1.05 bits per heavy atom. The van der Waals surface area contributed by atoms with Gasteiger partial charge in [-0.05, 0) is 36.6 Å². The Morgan fingerprint density at radius 2 is 1.77 bits per heavy atom. The Hall–Kier alpha value is -1.42. The molecular formula is C19H27NO2. The summed E-state index contributed by atoms with van der Waals surface area (Å²) in [5.41, 5.74) is 0.689. The lowest BCUT2D eigenvalue weighted by molar-refractivity contribution is 0.0516. The molecule has 0 bridgehead atoms. The number of fused-ring (bicyclic) bond motifs is 1. The highest BCUT2D eigenvalue weighted by Gasteiger charge is 2.16. The van der Waals surface area contributed by atoms with Crippen LogP contribution in [0.3, 0.4) is 0 Å². The molecule has 0 aromatic heterocycles. The van der Waals surface area contributed by atoms with Crippen LogP contribution in [0.2, 0.25) is 0 Å². The highest BCUT2D eigenvalue weighted by atomic mass is 16.5. The Kier molecular flexibility index (Phi) is 5.95. The first-order chi connectivity index (χ1) is 10.5. The number of hydrogen-bond acceptors (Lipinski definition) is 3. The molecule has 22 heavy (non-hydrogen) atoms. The van der Waals surface area contributed by atoms with Gasteiger partial charge in [-0.3, -0.25) is 4.90 Å². The maximum Gasteiger partial charge on any atom is 0.0603 e. The second-order valence-electron chi connectivity index (χ2n) is 6.47. The Balaban J connectivity index is 2.13. The van der Waals surface area contributed by atoms with Crippen LogP contribution >= 0.6 is 0 Å². The number of methoxy groups -OCH3 is 1. The summed E-state index contributed by atoms with van der Waals surface area (Å²) in [6, 6.07) is 14.9. The summed E-state index contributed by atoms with van der Waals surface area (Å²) in [6.45, 7) is 7.03. The summed E-state index contributed by atoms with van der Waals surface area (Å²) in [4.78, 5) is 2.35. The van der Waals surface area contributed by atoms with E-state index >= 15 is 0 Å². The van der Waals surface area contributed by atoms with Crippen LogP contribution in [0.4, 0.5) is 0 Å². The van der Waals surface area contributed by atoms with Crippen molar-refractivity contribution < 1.29 is 9.84 Å². The zero-order valence-electron chi connectivity index (χ0n) is 13.9. The number of ether oxygens (including phenoxy) is 1. The minimum absolute atomic E-state index is 0.635. The van der Waals surface area contributed by atoms with E-state index in [1.165, 1.54) is 16.3 Å². The van der Waals surface area contributed by atoms with Crippen molar-refractivity contribution >= 4 is 10.8 Å². The average molecular weight is 301 g/mol. The summed E-state index contributed by atoms with van der Waals surface area (Å²) in [5.74, 6) is 0. The maximum absolute atomic E-state index is 9.97. The first kappa shape index (κ1) is 16.9. The number of nitrogens with zero attached hydrogens (tertiary/aromatic N) is 1. The molecule has 0 unspecified atom stereocenters. The molecule has 2 aromatic carbocycles. The molecule has 120 valence electrons. The molecule has 0 aliphatic rings. The number of aliphatic hydroxyl groups is 1. The van der Waals surface area contributed by atoms with Crippen LogP contribution in [0.15, 0.2) is 42.5 Å². The number of benzene rings is 2. The van der Waals surface area contributed by atoms with E-state index in [1.807, 2.05) is 13.8 Å². The second kappa shape index (κ2) is 7.73. The average Bonchev–Trinajstić information content (AvgIpc) is 2.49. The third-order valence-corrected chi connectivity index (χ3v) is 3.93. The summed E-state index contributed by atoms with van der Waals surface area (Å²) in [7, 11) is 1.73. The molecule has 2 rings (SSSR count). The zero-order chi connectivity index (χ0) is 16.0. The second-order valence-corrected chi connectivity index (χ2v) is 6.47. The predicted molar refractivity (Wildman–Crippen MR) is 92.0 cm³/mol. The summed E-state index contributed by atoms with van der Waals surface area (Å²) in [6.07, 6.45) is 0.751. The molecule has 0 fully saturated rings. The van der Waals surface area contributed by atoms with Crippen LogP contribution < -0.4 is 0 Å².